The van der Waals surface area contributed by atoms with Gasteiger partial charge in [-0.2, -0.15) is 14.0 Å². The number of nitrogens with one attached hydrogen (secondary N) is 3. The first-order valence-electron chi connectivity index (χ1n) is 12.8. The Bertz CT molecular complexity index is 1260. The van der Waals surface area contributed by atoms with Crippen LogP contribution >= 0.6 is 0 Å². The number of hydrogen-bond donors (Lipinski definition) is 4. The van der Waals surface area contributed by atoms with Crippen LogP contribution in [-0.2, 0) is 17.1 Å². The van der Waals surface area contributed by atoms with E-state index in [0.29, 0.717) is 0 Å². The number of nitrogens with zero attached hydrogens (tertiary/aromatic N) is 6. The summed E-state index contributed by atoms with van der Waals surface area (Å²) in [6.45, 7) is 0. The van der Waals surface area contributed by atoms with E-state index in [4.69, 9.17) is 18.6 Å². The van der Waals surface area contributed by atoms with Gasteiger partial charge < -0.3 is 16.0 Å². The van der Waals surface area contributed by atoms with Gasteiger partial charge in [-0.1, -0.05) is 36.4 Å². The molecule has 0 aliphatic heterocycles. The summed E-state index contributed by atoms with van der Waals surface area (Å²) in [6.07, 6.45) is 10.4. The van der Waals surface area contributed by atoms with E-state index in [-0.39, 0.29) is 17.1 Å². The van der Waals surface area contributed by atoms with E-state index in [9.17, 15) is 0 Å². The maximum Gasteiger partial charge on any atom is 0.131 e. The van der Waals surface area contributed by atoms with Crippen LogP contribution in [0.4, 0.5) is 34.9 Å². The maximum atomic E-state index is 8.60. The molecule has 6 heterocycles. The zero-order chi connectivity index (χ0) is 31.3. The second kappa shape index (κ2) is 20.8. The molecule has 13 nitrogen and oxygen atoms in total. The zero-order valence-electron chi connectivity index (χ0n) is 23.4. The van der Waals surface area contributed by atoms with E-state index in [1.165, 1.54) is 0 Å². The summed E-state index contributed by atoms with van der Waals surface area (Å²) in [7, 11) is -4.69. The van der Waals surface area contributed by atoms with Crippen molar-refractivity contribution in [2.75, 3.05) is 16.0 Å². The van der Waals surface area contributed by atoms with Gasteiger partial charge in [0.15, 0.2) is 0 Å². The number of aromatic nitrogens is 6. The summed E-state index contributed by atoms with van der Waals surface area (Å²) in [6, 6.07) is 34.2. The van der Waals surface area contributed by atoms with Gasteiger partial charge in [0.25, 0.3) is 0 Å². The second-order valence-corrected chi connectivity index (χ2v) is 8.85. The van der Waals surface area contributed by atoms with E-state index < -0.39 is 10.2 Å². The van der Waals surface area contributed by atoms with Gasteiger partial charge in [-0.3, -0.25) is 0 Å². The van der Waals surface area contributed by atoms with Gasteiger partial charge in [0, 0.05) is 54.2 Å². The van der Waals surface area contributed by atoms with Crippen molar-refractivity contribution < 1.29 is 45.9 Å². The third kappa shape index (κ3) is 17.6. The smallest absolute Gasteiger partial charge is 0.131 e. The molecule has 45 heavy (non-hydrogen) atoms. The molecule has 232 valence electrons. The van der Waals surface area contributed by atoms with Crippen LogP contribution in [0.1, 0.15) is 0 Å². The molecule has 0 saturated heterocycles. The van der Waals surface area contributed by atoms with E-state index in [2.05, 4.69) is 45.9 Å². The molecule has 0 bridgehead atoms. The van der Waals surface area contributed by atoms with Crippen molar-refractivity contribution in [1.29, 1.82) is 0 Å². The molecule has 0 radical (unpaired) electrons. The second-order valence-electron chi connectivity index (χ2n) is 8.06. The molecular formula is C30H28ClFeN9O4. The maximum absolute atomic E-state index is 8.60. The summed E-state index contributed by atoms with van der Waals surface area (Å²) in [5.41, 5.74) is 0. The van der Waals surface area contributed by atoms with Crippen LogP contribution in [0.5, 0.6) is 0 Å². The molecule has 4 N–H and O–H groups in total. The molecule has 0 aliphatic carbocycles. The molecule has 0 saturated carbocycles. The SMILES string of the molecule is [Fe].[O-][Cl+3]([O-])([O-])O.c1ccc(Nc2ccccn2)nc1.c1ccc(Nc2ccccn2)nc1.c1ccc(Nc2ccccn2)nc1. The molecule has 0 spiro atoms. The Morgan fingerprint density at radius 1 is 0.378 bits per heavy atom. The van der Waals surface area contributed by atoms with Crippen LogP contribution in [0.3, 0.4) is 0 Å². The minimum absolute atomic E-state index is 0. The Morgan fingerprint density at radius 2 is 0.533 bits per heavy atom. The number of halogens is 1. The summed E-state index contributed by atoms with van der Waals surface area (Å²) < 4.78 is 32.7. The van der Waals surface area contributed by atoms with Crippen LogP contribution in [0.2, 0.25) is 0 Å². The zero-order valence-corrected chi connectivity index (χ0v) is 25.3. The van der Waals surface area contributed by atoms with Gasteiger partial charge in [0.05, 0.1) is 14.9 Å². The molecule has 0 aliphatic rings. The van der Waals surface area contributed by atoms with E-state index >= 15 is 0 Å². The van der Waals surface area contributed by atoms with Crippen LogP contribution in [0.15, 0.2) is 146 Å². The Kier molecular flexibility index (Phi) is 16.7. The summed E-state index contributed by atoms with van der Waals surface area (Å²) >= 11 is 0. The fourth-order valence-electron chi connectivity index (χ4n) is 3.01. The van der Waals surface area contributed by atoms with Gasteiger partial charge >= 0.3 is 0 Å². The minimum atomic E-state index is -4.69. The predicted molar refractivity (Wildman–Crippen MR) is 157 cm³/mol. The van der Waals surface area contributed by atoms with E-state index in [1.54, 1.807) is 37.2 Å². The summed E-state index contributed by atoms with van der Waals surface area (Å²) in [5.74, 6) is 4.84. The van der Waals surface area contributed by atoms with Crippen molar-refractivity contribution in [1.82, 2.24) is 29.9 Å². The van der Waals surface area contributed by atoms with Crippen molar-refractivity contribution in [3.63, 3.8) is 0 Å². The number of hydrogen-bond acceptors (Lipinski definition) is 13. The third-order valence-electron chi connectivity index (χ3n) is 4.76. The van der Waals surface area contributed by atoms with Gasteiger partial charge in [-0.25, -0.2) is 29.9 Å². The van der Waals surface area contributed by atoms with Crippen LogP contribution in [-0.4, -0.2) is 34.6 Å². The first-order valence-corrected chi connectivity index (χ1v) is 14.0. The van der Waals surface area contributed by atoms with E-state index in [1.807, 2.05) is 109 Å². The van der Waals surface area contributed by atoms with Crippen LogP contribution in [0.25, 0.3) is 0 Å². The van der Waals surface area contributed by atoms with Crippen LogP contribution in [0, 0.1) is 10.2 Å². The van der Waals surface area contributed by atoms with Crippen molar-refractivity contribution >= 4 is 34.9 Å². The molecular weight excluding hydrogens is 642 g/mol. The Balaban J connectivity index is 0.000000217. The van der Waals surface area contributed by atoms with Crippen molar-refractivity contribution in [3.05, 3.63) is 146 Å². The number of anilines is 6. The van der Waals surface area contributed by atoms with Crippen LogP contribution < -0.4 is 29.9 Å². The molecule has 0 aromatic carbocycles. The number of rotatable bonds is 6. The number of pyridine rings is 6. The quantitative estimate of drug-likeness (QED) is 0.189. The van der Waals surface area contributed by atoms with E-state index in [0.717, 1.165) is 34.9 Å². The van der Waals surface area contributed by atoms with Gasteiger partial charge in [-0.05, 0) is 72.8 Å². The first-order chi connectivity index (χ1) is 21.3. The molecule has 0 amide bonds. The average Bonchev–Trinajstić information content (AvgIpc) is 3.04. The van der Waals surface area contributed by atoms with Crippen molar-refractivity contribution in [3.8, 4) is 0 Å². The molecule has 6 aromatic heterocycles. The Hall–Kier alpha value is -5.05. The molecule has 0 unspecified atom stereocenters. The monoisotopic (exact) mass is 669 g/mol. The molecule has 0 atom stereocenters. The minimum Gasteiger partial charge on any atom is -0.325 e. The Morgan fingerprint density at radius 3 is 0.644 bits per heavy atom. The third-order valence-corrected chi connectivity index (χ3v) is 4.76. The standard InChI is InChI=1S/3C10H9N3.ClHO4.Fe/c3*1-3-7-11-9(5-1)13-10-6-2-4-8-12-10;2-1(3,4)5;/h3*1-8H,(H,11,12,13);(H,2,3,4,5);. The Labute approximate surface area is 272 Å². The summed E-state index contributed by atoms with van der Waals surface area (Å²) in [4.78, 5) is 24.7. The fraction of sp³-hybridized carbons (Fsp3) is 0. The molecule has 6 aromatic rings. The largest absolute Gasteiger partial charge is 0.325 e. The molecule has 0 fully saturated rings. The predicted octanol–water partition coefficient (Wildman–Crippen LogP) is 2.53. The summed E-state index contributed by atoms with van der Waals surface area (Å²) in [5, 5.41) is 9.24. The average molecular weight is 670 g/mol. The van der Waals surface area contributed by atoms with Gasteiger partial charge in [-0.15, -0.1) is 0 Å². The van der Waals surface area contributed by atoms with Crippen molar-refractivity contribution in [2.45, 2.75) is 0 Å². The van der Waals surface area contributed by atoms with Crippen molar-refractivity contribution in [2.24, 2.45) is 0 Å². The fourth-order valence-corrected chi connectivity index (χ4v) is 3.01. The normalized spacial score (nSPS) is 9.60. The van der Waals surface area contributed by atoms with Gasteiger partial charge in [0.1, 0.15) is 34.9 Å². The van der Waals surface area contributed by atoms with Gasteiger partial charge in [0.2, 0.25) is 0 Å². The molecule has 6 rings (SSSR count). The first kappa shape index (κ1) is 36.1. The molecule has 15 heteroatoms. The topological polar surface area (TPSA) is 203 Å².